The smallest absolute Gasteiger partial charge is 0.313 e. The van der Waals surface area contributed by atoms with E-state index < -0.39 is 18.4 Å². The first-order valence-electron chi connectivity index (χ1n) is 4.25. The first kappa shape index (κ1) is 10.7. The molecule has 0 spiro atoms. The van der Waals surface area contributed by atoms with Crippen LogP contribution in [0.4, 0.5) is 9.59 Å². The highest BCUT2D eigenvalue weighted by atomic mass is 16.5. The first-order chi connectivity index (χ1) is 6.49. The number of hydrogen-bond donors (Lipinski definition) is 3. The molecule has 7 heteroatoms. The molecule has 3 N–H and O–H groups in total. The Morgan fingerprint density at radius 1 is 1.50 bits per heavy atom. The molecule has 14 heavy (non-hydrogen) atoms. The second kappa shape index (κ2) is 3.81. The highest BCUT2D eigenvalue weighted by Crippen LogP contribution is 2.10. The zero-order valence-corrected chi connectivity index (χ0v) is 8.31. The molecule has 0 radical (unpaired) electrons. The van der Waals surface area contributed by atoms with Crippen molar-refractivity contribution in [2.45, 2.75) is 26.2 Å². The average Bonchev–Trinajstić information content (AvgIpc) is 2.10. The maximum Gasteiger partial charge on any atom is 0.330 e. The van der Waals surface area contributed by atoms with Crippen molar-refractivity contribution in [3.05, 3.63) is 0 Å². The molecule has 0 aromatic heterocycles. The fourth-order valence-corrected chi connectivity index (χ4v) is 1.22. The number of hydrogen-bond acceptors (Lipinski definition) is 4. The predicted octanol–water partition coefficient (Wildman–Crippen LogP) is -0.266. The van der Waals surface area contributed by atoms with E-state index in [0.717, 1.165) is 4.90 Å². The SMILES string of the molecule is CC(C)N1C(=O)NC(NO)N(C)C1=O. The van der Waals surface area contributed by atoms with Crippen molar-refractivity contribution in [3.8, 4) is 0 Å². The second-order valence-electron chi connectivity index (χ2n) is 3.34. The number of amides is 4. The lowest BCUT2D eigenvalue weighted by molar-refractivity contribution is 0.0213. The Balaban J connectivity index is 2.85. The maximum absolute atomic E-state index is 11.6. The van der Waals surface area contributed by atoms with Crippen LogP contribution in [0.1, 0.15) is 13.8 Å². The number of carbonyl (C=O) groups is 2. The molecule has 0 aromatic carbocycles. The molecule has 1 atom stereocenters. The van der Waals surface area contributed by atoms with Gasteiger partial charge in [0.05, 0.1) is 0 Å². The first-order valence-corrected chi connectivity index (χ1v) is 4.25. The van der Waals surface area contributed by atoms with Crippen molar-refractivity contribution in [1.29, 1.82) is 0 Å². The van der Waals surface area contributed by atoms with Gasteiger partial charge in [-0.15, -0.1) is 0 Å². The largest absolute Gasteiger partial charge is 0.330 e. The van der Waals surface area contributed by atoms with E-state index >= 15 is 0 Å². The lowest BCUT2D eigenvalue weighted by Gasteiger charge is -2.39. The van der Waals surface area contributed by atoms with Crippen LogP contribution >= 0.6 is 0 Å². The lowest BCUT2D eigenvalue weighted by Crippen LogP contribution is -2.68. The van der Waals surface area contributed by atoms with Gasteiger partial charge >= 0.3 is 12.1 Å². The van der Waals surface area contributed by atoms with Crippen LogP contribution in [0.3, 0.4) is 0 Å². The van der Waals surface area contributed by atoms with Gasteiger partial charge in [0.25, 0.3) is 0 Å². The van der Waals surface area contributed by atoms with E-state index in [1.54, 1.807) is 13.8 Å². The molecule has 1 rings (SSSR count). The summed E-state index contributed by atoms with van der Waals surface area (Å²) in [4.78, 5) is 25.2. The number of nitrogens with zero attached hydrogens (tertiary/aromatic N) is 2. The highest BCUT2D eigenvalue weighted by Gasteiger charge is 2.37. The van der Waals surface area contributed by atoms with Crippen molar-refractivity contribution in [1.82, 2.24) is 20.6 Å². The van der Waals surface area contributed by atoms with E-state index in [0.29, 0.717) is 0 Å². The van der Waals surface area contributed by atoms with E-state index in [-0.39, 0.29) is 6.04 Å². The summed E-state index contributed by atoms with van der Waals surface area (Å²) in [5.41, 5.74) is 1.82. The molecule has 1 saturated heterocycles. The zero-order valence-electron chi connectivity index (χ0n) is 8.31. The number of hydroxylamine groups is 1. The van der Waals surface area contributed by atoms with Gasteiger partial charge in [-0.3, -0.25) is 4.90 Å². The van der Waals surface area contributed by atoms with Crippen LogP contribution in [0.25, 0.3) is 0 Å². The van der Waals surface area contributed by atoms with E-state index in [9.17, 15) is 9.59 Å². The standard InChI is InChI=1S/C7H14N4O3/c1-4(2)11-6(12)8-5(9-14)10(3)7(11)13/h4-5,9,14H,1-3H3,(H,8,12). The molecule has 80 valence electrons. The minimum atomic E-state index is -0.870. The zero-order chi connectivity index (χ0) is 10.9. The number of nitrogens with one attached hydrogen (secondary N) is 2. The average molecular weight is 202 g/mol. The summed E-state index contributed by atoms with van der Waals surface area (Å²) in [5.74, 6) is 0. The van der Waals surface area contributed by atoms with E-state index in [1.165, 1.54) is 11.9 Å². The third-order valence-electron chi connectivity index (χ3n) is 2.01. The topological polar surface area (TPSA) is 84.9 Å². The maximum atomic E-state index is 11.6. The van der Waals surface area contributed by atoms with Crippen molar-refractivity contribution in [2.24, 2.45) is 0 Å². The summed E-state index contributed by atoms with van der Waals surface area (Å²) < 4.78 is 0. The van der Waals surface area contributed by atoms with Crippen LogP contribution in [0.2, 0.25) is 0 Å². The van der Waals surface area contributed by atoms with Gasteiger partial charge in [-0.05, 0) is 13.8 Å². The fourth-order valence-electron chi connectivity index (χ4n) is 1.22. The Hall–Kier alpha value is -1.34. The monoisotopic (exact) mass is 202 g/mol. The van der Waals surface area contributed by atoms with Gasteiger partial charge in [0.1, 0.15) is 0 Å². The van der Waals surface area contributed by atoms with E-state index in [1.807, 2.05) is 5.48 Å². The van der Waals surface area contributed by atoms with Gasteiger partial charge in [0.15, 0.2) is 6.29 Å². The van der Waals surface area contributed by atoms with Gasteiger partial charge in [-0.25, -0.2) is 14.5 Å². The van der Waals surface area contributed by atoms with Gasteiger partial charge in [-0.2, -0.15) is 5.48 Å². The van der Waals surface area contributed by atoms with Crippen LogP contribution in [-0.4, -0.2) is 46.4 Å². The van der Waals surface area contributed by atoms with E-state index in [2.05, 4.69) is 5.32 Å². The fraction of sp³-hybridized carbons (Fsp3) is 0.714. The van der Waals surface area contributed by atoms with Gasteiger partial charge < -0.3 is 10.5 Å². The molecule has 7 nitrogen and oxygen atoms in total. The number of rotatable bonds is 2. The quantitative estimate of drug-likeness (QED) is 0.538. The molecule has 1 aliphatic rings. The third-order valence-corrected chi connectivity index (χ3v) is 2.01. The molecule has 0 aliphatic carbocycles. The van der Waals surface area contributed by atoms with Crippen LogP contribution in [-0.2, 0) is 0 Å². The molecule has 4 amide bonds. The van der Waals surface area contributed by atoms with Gasteiger partial charge in [0.2, 0.25) is 0 Å². The molecular formula is C7H14N4O3. The van der Waals surface area contributed by atoms with Crippen LogP contribution in [0, 0.1) is 0 Å². The molecule has 1 fully saturated rings. The molecular weight excluding hydrogens is 188 g/mol. The number of carbonyl (C=O) groups excluding carboxylic acids is 2. The van der Waals surface area contributed by atoms with Crippen LogP contribution in [0.15, 0.2) is 0 Å². The van der Waals surface area contributed by atoms with Gasteiger partial charge in [-0.1, -0.05) is 0 Å². The third kappa shape index (κ3) is 1.64. The van der Waals surface area contributed by atoms with Crippen LogP contribution in [0.5, 0.6) is 0 Å². The van der Waals surface area contributed by atoms with Crippen molar-refractivity contribution in [2.75, 3.05) is 7.05 Å². The summed E-state index contributed by atoms with van der Waals surface area (Å²) in [6.45, 7) is 3.47. The minimum Gasteiger partial charge on any atom is -0.313 e. The second-order valence-corrected chi connectivity index (χ2v) is 3.34. The Kier molecular flexibility index (Phi) is 2.92. The Labute approximate surface area is 81.6 Å². The Morgan fingerprint density at radius 2 is 2.07 bits per heavy atom. The number of imide groups is 1. The normalized spacial score (nSPS) is 23.1. The molecule has 1 unspecified atom stereocenters. The Morgan fingerprint density at radius 3 is 2.50 bits per heavy atom. The molecule has 1 heterocycles. The Bertz CT molecular complexity index is 255. The summed E-state index contributed by atoms with van der Waals surface area (Å²) in [7, 11) is 1.48. The van der Waals surface area contributed by atoms with Crippen molar-refractivity contribution < 1.29 is 14.8 Å². The molecule has 0 saturated carbocycles. The van der Waals surface area contributed by atoms with Gasteiger partial charge in [0, 0.05) is 13.1 Å². The molecule has 0 bridgehead atoms. The minimum absolute atomic E-state index is 0.218. The van der Waals surface area contributed by atoms with Crippen molar-refractivity contribution in [3.63, 3.8) is 0 Å². The summed E-state index contributed by atoms with van der Waals surface area (Å²) in [6.07, 6.45) is -0.870. The summed E-state index contributed by atoms with van der Waals surface area (Å²) >= 11 is 0. The summed E-state index contributed by atoms with van der Waals surface area (Å²) in [5, 5.41) is 11.1. The number of urea groups is 2. The predicted molar refractivity (Wildman–Crippen MR) is 47.4 cm³/mol. The van der Waals surface area contributed by atoms with E-state index in [4.69, 9.17) is 5.21 Å². The molecule has 0 aromatic rings. The van der Waals surface area contributed by atoms with Crippen LogP contribution < -0.4 is 10.8 Å². The highest BCUT2D eigenvalue weighted by molar-refractivity contribution is 5.96. The molecule has 1 aliphatic heterocycles. The lowest BCUT2D eigenvalue weighted by atomic mass is 10.3. The summed E-state index contributed by atoms with van der Waals surface area (Å²) in [6, 6.07) is -1.19. The van der Waals surface area contributed by atoms with Crippen molar-refractivity contribution >= 4 is 12.1 Å².